The van der Waals surface area contributed by atoms with Gasteiger partial charge in [-0.2, -0.15) is 5.48 Å². The summed E-state index contributed by atoms with van der Waals surface area (Å²) in [5.74, 6) is 0. The van der Waals surface area contributed by atoms with Gasteiger partial charge in [0.05, 0.1) is 6.61 Å². The SMILES string of the molecule is c1ccc2c(c1)CNOC2. The molecule has 1 heterocycles. The molecule has 2 heteroatoms. The van der Waals surface area contributed by atoms with Gasteiger partial charge in [-0.25, -0.2) is 0 Å². The highest BCUT2D eigenvalue weighted by atomic mass is 16.6. The van der Waals surface area contributed by atoms with Gasteiger partial charge in [-0.15, -0.1) is 0 Å². The molecule has 0 radical (unpaired) electrons. The lowest BCUT2D eigenvalue weighted by Gasteiger charge is -2.15. The third-order valence-electron chi connectivity index (χ3n) is 1.71. The Labute approximate surface area is 59.8 Å². The van der Waals surface area contributed by atoms with Crippen molar-refractivity contribution in [3.05, 3.63) is 35.4 Å². The lowest BCUT2D eigenvalue weighted by Crippen LogP contribution is -2.20. The van der Waals surface area contributed by atoms with Crippen LogP contribution in [-0.4, -0.2) is 0 Å². The molecule has 52 valence electrons. The van der Waals surface area contributed by atoms with E-state index in [0.29, 0.717) is 6.61 Å². The van der Waals surface area contributed by atoms with Crippen LogP contribution in [0.1, 0.15) is 11.1 Å². The van der Waals surface area contributed by atoms with E-state index < -0.39 is 0 Å². The van der Waals surface area contributed by atoms with E-state index in [4.69, 9.17) is 4.84 Å². The molecule has 0 aromatic heterocycles. The van der Waals surface area contributed by atoms with Gasteiger partial charge in [-0.05, 0) is 11.1 Å². The molecule has 1 aromatic rings. The van der Waals surface area contributed by atoms with Gasteiger partial charge < -0.3 is 0 Å². The number of hydrogen-bond acceptors (Lipinski definition) is 2. The third kappa shape index (κ3) is 0.916. The maximum absolute atomic E-state index is 5.05. The van der Waals surface area contributed by atoms with Crippen molar-refractivity contribution in [2.45, 2.75) is 13.2 Å². The molecule has 0 fully saturated rings. The van der Waals surface area contributed by atoms with Gasteiger partial charge in [-0.1, -0.05) is 24.3 Å². The number of benzene rings is 1. The summed E-state index contributed by atoms with van der Waals surface area (Å²) in [4.78, 5) is 5.05. The molecule has 2 rings (SSSR count). The Kier molecular flexibility index (Phi) is 1.42. The molecule has 1 aromatic carbocycles. The van der Waals surface area contributed by atoms with Crippen LogP contribution in [0.4, 0.5) is 0 Å². The van der Waals surface area contributed by atoms with Crippen molar-refractivity contribution in [1.29, 1.82) is 0 Å². The zero-order chi connectivity index (χ0) is 6.81. The Morgan fingerprint density at radius 1 is 1.20 bits per heavy atom. The largest absolute Gasteiger partial charge is 0.297 e. The van der Waals surface area contributed by atoms with Crippen LogP contribution in [0.2, 0.25) is 0 Å². The fraction of sp³-hybridized carbons (Fsp3) is 0.250. The molecule has 0 spiro atoms. The molecule has 1 aliphatic heterocycles. The lowest BCUT2D eigenvalue weighted by molar-refractivity contribution is 0.0108. The van der Waals surface area contributed by atoms with E-state index in [2.05, 4.69) is 17.6 Å². The molecule has 1 N–H and O–H groups in total. The summed E-state index contributed by atoms with van der Waals surface area (Å²) in [5.41, 5.74) is 5.48. The van der Waals surface area contributed by atoms with Crippen molar-refractivity contribution < 1.29 is 4.84 Å². The topological polar surface area (TPSA) is 21.3 Å². The van der Waals surface area contributed by atoms with Gasteiger partial charge in [-0.3, -0.25) is 4.84 Å². The second-order valence-corrected chi connectivity index (χ2v) is 2.38. The van der Waals surface area contributed by atoms with Gasteiger partial charge in [0, 0.05) is 6.54 Å². The number of hydrogen-bond donors (Lipinski definition) is 1. The Balaban J connectivity index is 2.41. The Hall–Kier alpha value is -0.860. The number of rotatable bonds is 0. The zero-order valence-corrected chi connectivity index (χ0v) is 5.63. The fourth-order valence-electron chi connectivity index (χ4n) is 1.13. The molecule has 0 saturated carbocycles. The number of fused-ring (bicyclic) bond motifs is 1. The summed E-state index contributed by atoms with van der Waals surface area (Å²) >= 11 is 0. The molecular formula is C8H9NO. The standard InChI is InChI=1S/C8H9NO/c1-2-4-8-6-10-9-5-7(8)3-1/h1-4,9H,5-6H2. The first kappa shape index (κ1) is 5.89. The molecule has 0 amide bonds. The summed E-state index contributed by atoms with van der Waals surface area (Å²) in [6, 6.07) is 8.29. The highest BCUT2D eigenvalue weighted by Gasteiger charge is 2.05. The van der Waals surface area contributed by atoms with Crippen LogP contribution >= 0.6 is 0 Å². The van der Waals surface area contributed by atoms with Gasteiger partial charge >= 0.3 is 0 Å². The average Bonchev–Trinajstić information content (AvgIpc) is 2.05. The summed E-state index contributed by atoms with van der Waals surface area (Å²) in [6.07, 6.45) is 0. The van der Waals surface area contributed by atoms with Crippen LogP contribution in [0.5, 0.6) is 0 Å². The normalized spacial score (nSPS) is 16.4. The molecular weight excluding hydrogens is 126 g/mol. The highest BCUT2D eigenvalue weighted by molar-refractivity contribution is 5.26. The van der Waals surface area contributed by atoms with Crippen molar-refractivity contribution in [2.75, 3.05) is 0 Å². The van der Waals surface area contributed by atoms with Crippen LogP contribution in [0.25, 0.3) is 0 Å². The lowest BCUT2D eigenvalue weighted by atomic mass is 10.1. The van der Waals surface area contributed by atoms with Crippen molar-refractivity contribution in [3.63, 3.8) is 0 Å². The van der Waals surface area contributed by atoms with Gasteiger partial charge in [0.1, 0.15) is 0 Å². The smallest absolute Gasteiger partial charge is 0.0936 e. The minimum Gasteiger partial charge on any atom is -0.297 e. The van der Waals surface area contributed by atoms with E-state index in [0.717, 1.165) is 6.54 Å². The molecule has 0 saturated heterocycles. The average molecular weight is 135 g/mol. The Morgan fingerprint density at radius 2 is 2.00 bits per heavy atom. The maximum atomic E-state index is 5.05. The van der Waals surface area contributed by atoms with Crippen LogP contribution in [0.3, 0.4) is 0 Å². The van der Waals surface area contributed by atoms with E-state index in [1.165, 1.54) is 11.1 Å². The third-order valence-corrected chi connectivity index (χ3v) is 1.71. The van der Waals surface area contributed by atoms with Crippen molar-refractivity contribution in [1.82, 2.24) is 5.48 Å². The summed E-state index contributed by atoms with van der Waals surface area (Å²) in [7, 11) is 0. The molecule has 0 bridgehead atoms. The van der Waals surface area contributed by atoms with Gasteiger partial charge in [0.25, 0.3) is 0 Å². The zero-order valence-electron chi connectivity index (χ0n) is 5.63. The van der Waals surface area contributed by atoms with E-state index >= 15 is 0 Å². The first-order valence-corrected chi connectivity index (χ1v) is 3.38. The maximum Gasteiger partial charge on any atom is 0.0936 e. The van der Waals surface area contributed by atoms with Gasteiger partial charge in [0.15, 0.2) is 0 Å². The minimum absolute atomic E-state index is 0.691. The quantitative estimate of drug-likeness (QED) is 0.577. The summed E-state index contributed by atoms with van der Waals surface area (Å²) in [5, 5.41) is 0. The molecule has 2 nitrogen and oxygen atoms in total. The Morgan fingerprint density at radius 3 is 2.80 bits per heavy atom. The van der Waals surface area contributed by atoms with Crippen molar-refractivity contribution in [3.8, 4) is 0 Å². The monoisotopic (exact) mass is 135 g/mol. The fourth-order valence-corrected chi connectivity index (χ4v) is 1.13. The van der Waals surface area contributed by atoms with Gasteiger partial charge in [0.2, 0.25) is 0 Å². The Bertz CT molecular complexity index is 209. The second kappa shape index (κ2) is 2.40. The molecule has 10 heavy (non-hydrogen) atoms. The highest BCUT2D eigenvalue weighted by Crippen LogP contribution is 2.12. The number of hydroxylamine groups is 1. The van der Waals surface area contributed by atoms with Crippen molar-refractivity contribution >= 4 is 0 Å². The molecule has 1 aliphatic rings. The predicted molar refractivity (Wildman–Crippen MR) is 38.1 cm³/mol. The predicted octanol–water partition coefficient (Wildman–Crippen LogP) is 1.22. The molecule has 0 atom stereocenters. The summed E-state index contributed by atoms with van der Waals surface area (Å²) < 4.78 is 0. The van der Waals surface area contributed by atoms with Crippen LogP contribution in [0, 0.1) is 0 Å². The molecule has 0 aliphatic carbocycles. The minimum atomic E-state index is 0.691. The van der Waals surface area contributed by atoms with E-state index in [9.17, 15) is 0 Å². The second-order valence-electron chi connectivity index (χ2n) is 2.38. The first-order valence-electron chi connectivity index (χ1n) is 3.38. The van der Waals surface area contributed by atoms with E-state index in [-0.39, 0.29) is 0 Å². The van der Waals surface area contributed by atoms with Crippen LogP contribution < -0.4 is 5.48 Å². The van der Waals surface area contributed by atoms with Crippen molar-refractivity contribution in [2.24, 2.45) is 0 Å². The van der Waals surface area contributed by atoms with Crippen LogP contribution in [0.15, 0.2) is 24.3 Å². The summed E-state index contributed by atoms with van der Waals surface area (Å²) in [6.45, 7) is 1.52. The van der Waals surface area contributed by atoms with Crippen LogP contribution in [-0.2, 0) is 18.0 Å². The van der Waals surface area contributed by atoms with E-state index in [1.807, 2.05) is 12.1 Å². The molecule has 0 unspecified atom stereocenters. The van der Waals surface area contributed by atoms with E-state index in [1.54, 1.807) is 0 Å². The number of nitrogens with one attached hydrogen (secondary N) is 1. The first-order chi connectivity index (χ1) is 4.97.